The molecule has 2 N–H and O–H groups in total. The molecule has 1 aliphatic carbocycles. The lowest BCUT2D eigenvalue weighted by Crippen LogP contribution is -2.41. The molecule has 1 amide bonds. The van der Waals surface area contributed by atoms with Crippen molar-refractivity contribution in [3.05, 3.63) is 0 Å². The number of fused-ring (bicyclic) bond motifs is 1. The fraction of sp³-hybridized carbons (Fsp3) is 0.909. The van der Waals surface area contributed by atoms with Crippen LogP contribution in [0.25, 0.3) is 0 Å². The molecule has 0 spiro atoms. The Balaban J connectivity index is 1.94. The smallest absolute Gasteiger partial charge is 0.234 e. The van der Waals surface area contributed by atoms with Crippen LogP contribution in [0.4, 0.5) is 0 Å². The maximum atomic E-state index is 11.1. The van der Waals surface area contributed by atoms with Gasteiger partial charge in [-0.15, -0.1) is 0 Å². The number of primary amides is 1. The van der Waals surface area contributed by atoms with Gasteiger partial charge in [0.25, 0.3) is 0 Å². The molecule has 2 aliphatic rings. The second-order valence-electron chi connectivity index (χ2n) is 5.13. The second kappa shape index (κ2) is 3.54. The number of nitrogens with zero attached hydrogens (tertiary/aromatic N) is 1. The molecule has 1 aliphatic heterocycles. The highest BCUT2D eigenvalue weighted by Crippen LogP contribution is 2.41. The molecule has 1 heterocycles. The molecule has 3 atom stereocenters. The topological polar surface area (TPSA) is 46.3 Å². The summed E-state index contributed by atoms with van der Waals surface area (Å²) >= 11 is 0. The number of rotatable bonds is 2. The Kier molecular flexibility index (Phi) is 2.52. The molecule has 14 heavy (non-hydrogen) atoms. The van der Waals surface area contributed by atoms with Gasteiger partial charge < -0.3 is 5.73 Å². The van der Waals surface area contributed by atoms with E-state index >= 15 is 0 Å². The van der Waals surface area contributed by atoms with E-state index in [1.54, 1.807) is 0 Å². The first-order valence-electron chi connectivity index (χ1n) is 5.61. The zero-order valence-electron chi connectivity index (χ0n) is 9.07. The minimum absolute atomic E-state index is 0.0732. The lowest BCUT2D eigenvalue weighted by molar-refractivity contribution is -0.122. The number of likely N-dealkylation sites (tertiary alicyclic amines) is 1. The number of carbonyl (C=O) groups excluding carboxylic acids is 1. The van der Waals surface area contributed by atoms with E-state index in [0.717, 1.165) is 30.8 Å². The van der Waals surface area contributed by atoms with Crippen molar-refractivity contribution in [2.75, 3.05) is 13.1 Å². The lowest BCUT2D eigenvalue weighted by atomic mass is 10.0. The second-order valence-corrected chi connectivity index (χ2v) is 5.13. The average molecular weight is 196 g/mol. The maximum Gasteiger partial charge on any atom is 0.234 e. The third kappa shape index (κ3) is 1.65. The SMILES string of the molecule is CC1CC2CN(C(C)C(N)=O)CC2C1. The van der Waals surface area contributed by atoms with Crippen molar-refractivity contribution in [2.45, 2.75) is 32.7 Å². The Labute approximate surface area is 85.6 Å². The van der Waals surface area contributed by atoms with E-state index in [1.807, 2.05) is 6.92 Å². The van der Waals surface area contributed by atoms with Crippen LogP contribution >= 0.6 is 0 Å². The van der Waals surface area contributed by atoms with Gasteiger partial charge in [-0.3, -0.25) is 9.69 Å². The minimum atomic E-state index is -0.182. The molecule has 0 aromatic heterocycles. The van der Waals surface area contributed by atoms with Gasteiger partial charge >= 0.3 is 0 Å². The molecule has 0 radical (unpaired) electrons. The predicted octanol–water partition coefficient (Wildman–Crippen LogP) is 0.838. The molecule has 80 valence electrons. The van der Waals surface area contributed by atoms with Crippen LogP contribution in [-0.2, 0) is 4.79 Å². The van der Waals surface area contributed by atoms with Gasteiger partial charge in [-0.2, -0.15) is 0 Å². The van der Waals surface area contributed by atoms with Gasteiger partial charge in [0.1, 0.15) is 0 Å². The Morgan fingerprint density at radius 3 is 2.29 bits per heavy atom. The van der Waals surface area contributed by atoms with Gasteiger partial charge in [0.15, 0.2) is 0 Å². The number of hydrogen-bond acceptors (Lipinski definition) is 2. The van der Waals surface area contributed by atoms with E-state index in [9.17, 15) is 4.79 Å². The summed E-state index contributed by atoms with van der Waals surface area (Å²) in [6.45, 7) is 6.42. The van der Waals surface area contributed by atoms with Crippen molar-refractivity contribution in [3.63, 3.8) is 0 Å². The third-order valence-corrected chi connectivity index (χ3v) is 3.97. The first-order valence-corrected chi connectivity index (χ1v) is 5.61. The summed E-state index contributed by atoms with van der Waals surface area (Å²) in [4.78, 5) is 13.3. The van der Waals surface area contributed by atoms with Crippen LogP contribution in [0.2, 0.25) is 0 Å². The molecule has 0 aromatic rings. The Bertz CT molecular complexity index is 227. The van der Waals surface area contributed by atoms with Crippen LogP contribution in [0.1, 0.15) is 26.7 Å². The number of carbonyl (C=O) groups is 1. The number of hydrogen-bond donors (Lipinski definition) is 1. The van der Waals surface area contributed by atoms with Crippen LogP contribution < -0.4 is 5.73 Å². The van der Waals surface area contributed by atoms with Crippen molar-refractivity contribution in [1.82, 2.24) is 4.90 Å². The fourth-order valence-electron chi connectivity index (χ4n) is 3.14. The zero-order chi connectivity index (χ0) is 10.3. The van der Waals surface area contributed by atoms with E-state index in [2.05, 4.69) is 11.8 Å². The molecular formula is C11H20N2O. The van der Waals surface area contributed by atoms with Gasteiger partial charge in [-0.05, 0) is 37.5 Å². The summed E-state index contributed by atoms with van der Waals surface area (Å²) in [6.07, 6.45) is 2.68. The molecule has 0 aromatic carbocycles. The highest BCUT2D eigenvalue weighted by molar-refractivity contribution is 5.79. The first-order chi connectivity index (χ1) is 6.58. The van der Waals surface area contributed by atoms with Crippen molar-refractivity contribution in [2.24, 2.45) is 23.5 Å². The Morgan fingerprint density at radius 1 is 1.36 bits per heavy atom. The highest BCUT2D eigenvalue weighted by atomic mass is 16.1. The largest absolute Gasteiger partial charge is 0.368 e. The third-order valence-electron chi connectivity index (χ3n) is 3.97. The molecule has 1 saturated heterocycles. The molecular weight excluding hydrogens is 176 g/mol. The minimum Gasteiger partial charge on any atom is -0.368 e. The number of nitrogens with two attached hydrogens (primary N) is 1. The molecule has 2 fully saturated rings. The van der Waals surface area contributed by atoms with Gasteiger partial charge in [-0.1, -0.05) is 6.92 Å². The summed E-state index contributed by atoms with van der Waals surface area (Å²) < 4.78 is 0. The fourth-order valence-corrected chi connectivity index (χ4v) is 3.14. The van der Waals surface area contributed by atoms with E-state index in [-0.39, 0.29) is 11.9 Å². The highest BCUT2D eigenvalue weighted by Gasteiger charge is 2.41. The average Bonchev–Trinajstić information content (AvgIpc) is 2.59. The van der Waals surface area contributed by atoms with Crippen molar-refractivity contribution >= 4 is 5.91 Å². The molecule has 0 bridgehead atoms. The standard InChI is InChI=1S/C11H20N2O/c1-7-3-9-5-13(6-10(9)4-7)8(2)11(12)14/h7-10H,3-6H2,1-2H3,(H2,12,14). The van der Waals surface area contributed by atoms with E-state index < -0.39 is 0 Å². The Hall–Kier alpha value is -0.570. The molecule has 1 saturated carbocycles. The lowest BCUT2D eigenvalue weighted by Gasteiger charge is -2.22. The summed E-state index contributed by atoms with van der Waals surface area (Å²) in [5, 5.41) is 0. The molecule has 3 nitrogen and oxygen atoms in total. The summed E-state index contributed by atoms with van der Waals surface area (Å²) in [6, 6.07) is -0.0732. The van der Waals surface area contributed by atoms with Crippen molar-refractivity contribution in [3.8, 4) is 0 Å². The first kappa shape index (κ1) is 9.97. The van der Waals surface area contributed by atoms with E-state index in [0.29, 0.717) is 0 Å². The molecule has 3 unspecified atom stereocenters. The van der Waals surface area contributed by atoms with Crippen LogP contribution in [0.5, 0.6) is 0 Å². The number of amides is 1. The predicted molar refractivity (Wildman–Crippen MR) is 55.6 cm³/mol. The summed E-state index contributed by atoms with van der Waals surface area (Å²) in [7, 11) is 0. The van der Waals surface area contributed by atoms with E-state index in [1.165, 1.54) is 12.8 Å². The van der Waals surface area contributed by atoms with Gasteiger partial charge in [0, 0.05) is 13.1 Å². The summed E-state index contributed by atoms with van der Waals surface area (Å²) in [5.74, 6) is 2.35. The monoisotopic (exact) mass is 196 g/mol. The summed E-state index contributed by atoms with van der Waals surface area (Å²) in [5.41, 5.74) is 5.31. The maximum absolute atomic E-state index is 11.1. The van der Waals surface area contributed by atoms with Crippen molar-refractivity contribution in [1.29, 1.82) is 0 Å². The molecule has 2 rings (SSSR count). The van der Waals surface area contributed by atoms with Crippen molar-refractivity contribution < 1.29 is 4.79 Å². The van der Waals surface area contributed by atoms with Crippen LogP contribution in [0.3, 0.4) is 0 Å². The van der Waals surface area contributed by atoms with Gasteiger partial charge in [-0.25, -0.2) is 0 Å². The quantitative estimate of drug-likeness (QED) is 0.711. The van der Waals surface area contributed by atoms with E-state index in [4.69, 9.17) is 5.73 Å². The normalized spacial score (nSPS) is 39.7. The van der Waals surface area contributed by atoms with Crippen LogP contribution in [0.15, 0.2) is 0 Å². The van der Waals surface area contributed by atoms with Crippen LogP contribution in [0, 0.1) is 17.8 Å². The molecule has 3 heteroatoms. The zero-order valence-corrected chi connectivity index (χ0v) is 9.07. The van der Waals surface area contributed by atoms with Gasteiger partial charge in [0.2, 0.25) is 5.91 Å². The van der Waals surface area contributed by atoms with Gasteiger partial charge in [0.05, 0.1) is 6.04 Å². The van der Waals surface area contributed by atoms with Crippen LogP contribution in [-0.4, -0.2) is 29.9 Å². The Morgan fingerprint density at radius 2 is 1.86 bits per heavy atom.